The van der Waals surface area contributed by atoms with E-state index in [9.17, 15) is 4.79 Å². The highest BCUT2D eigenvalue weighted by molar-refractivity contribution is 5.85. The highest BCUT2D eigenvalue weighted by Gasteiger charge is 2.44. The van der Waals surface area contributed by atoms with Gasteiger partial charge in [0.2, 0.25) is 0 Å². The lowest BCUT2D eigenvalue weighted by Gasteiger charge is -2.42. The summed E-state index contributed by atoms with van der Waals surface area (Å²) in [6, 6.07) is 15.1. The Balaban J connectivity index is 1.45. The van der Waals surface area contributed by atoms with E-state index in [2.05, 4.69) is 47.4 Å². The van der Waals surface area contributed by atoms with Crippen molar-refractivity contribution >= 4 is 16.7 Å². The van der Waals surface area contributed by atoms with E-state index in [-0.39, 0.29) is 17.5 Å². The molecular weight excluding hydrogens is 362 g/mol. The summed E-state index contributed by atoms with van der Waals surface area (Å²) in [5.41, 5.74) is 0.982. The van der Waals surface area contributed by atoms with Gasteiger partial charge in [-0.05, 0) is 74.9 Å². The third kappa shape index (κ3) is 4.65. The lowest BCUT2D eigenvalue weighted by Crippen LogP contribution is -2.47. The SMILES string of the molecule is CCOC(=O)C1(C[C@@H]2CCCCO2)CCN(Cc2cccc3ccccc23)CC1. The van der Waals surface area contributed by atoms with Gasteiger partial charge in [0.1, 0.15) is 0 Å². The maximum Gasteiger partial charge on any atom is 0.312 e. The van der Waals surface area contributed by atoms with Crippen molar-refractivity contribution in [2.24, 2.45) is 5.41 Å². The minimum Gasteiger partial charge on any atom is -0.466 e. The Labute approximate surface area is 174 Å². The molecule has 0 aliphatic carbocycles. The molecule has 156 valence electrons. The number of ether oxygens (including phenoxy) is 2. The molecule has 0 spiro atoms. The van der Waals surface area contributed by atoms with E-state index in [1.54, 1.807) is 0 Å². The van der Waals surface area contributed by atoms with Gasteiger partial charge in [-0.25, -0.2) is 0 Å². The summed E-state index contributed by atoms with van der Waals surface area (Å²) in [7, 11) is 0. The van der Waals surface area contributed by atoms with Crippen LogP contribution in [0.25, 0.3) is 10.8 Å². The van der Waals surface area contributed by atoms with E-state index in [1.807, 2.05) is 6.92 Å². The first-order valence-electron chi connectivity index (χ1n) is 11.2. The van der Waals surface area contributed by atoms with Crippen molar-refractivity contribution in [3.05, 3.63) is 48.0 Å². The number of hydrogen-bond donors (Lipinski definition) is 0. The van der Waals surface area contributed by atoms with Crippen molar-refractivity contribution in [1.29, 1.82) is 0 Å². The Morgan fingerprint density at radius 2 is 1.93 bits per heavy atom. The zero-order valence-corrected chi connectivity index (χ0v) is 17.6. The number of likely N-dealkylation sites (tertiary alicyclic amines) is 1. The van der Waals surface area contributed by atoms with Crippen LogP contribution >= 0.6 is 0 Å². The van der Waals surface area contributed by atoms with Crippen LogP contribution in [0.5, 0.6) is 0 Å². The average Bonchev–Trinajstić information content (AvgIpc) is 2.76. The molecule has 4 heteroatoms. The van der Waals surface area contributed by atoms with Gasteiger partial charge in [0.05, 0.1) is 18.1 Å². The van der Waals surface area contributed by atoms with Crippen LogP contribution < -0.4 is 0 Å². The van der Waals surface area contributed by atoms with Gasteiger partial charge in [-0.15, -0.1) is 0 Å². The number of carbonyl (C=O) groups excluding carboxylic acids is 1. The molecule has 1 atom stereocenters. The van der Waals surface area contributed by atoms with E-state index in [0.29, 0.717) is 6.61 Å². The summed E-state index contributed by atoms with van der Waals surface area (Å²) < 4.78 is 11.5. The van der Waals surface area contributed by atoms with Gasteiger partial charge in [-0.1, -0.05) is 42.5 Å². The third-order valence-electron chi connectivity index (χ3n) is 6.69. The first kappa shape index (κ1) is 20.4. The smallest absolute Gasteiger partial charge is 0.312 e. The molecule has 0 N–H and O–H groups in total. The van der Waals surface area contributed by atoms with Gasteiger partial charge >= 0.3 is 5.97 Å². The molecule has 0 aromatic heterocycles. The van der Waals surface area contributed by atoms with Crippen LogP contribution in [-0.4, -0.2) is 43.3 Å². The maximum absolute atomic E-state index is 12.9. The normalized spacial score (nSPS) is 22.4. The molecule has 4 nitrogen and oxygen atoms in total. The van der Waals surface area contributed by atoms with Crippen LogP contribution in [0.4, 0.5) is 0 Å². The molecule has 0 radical (unpaired) electrons. The number of benzene rings is 2. The van der Waals surface area contributed by atoms with Gasteiger partial charge in [-0.3, -0.25) is 9.69 Å². The van der Waals surface area contributed by atoms with Crippen LogP contribution in [0.15, 0.2) is 42.5 Å². The second-order valence-electron chi connectivity index (χ2n) is 8.61. The van der Waals surface area contributed by atoms with Gasteiger partial charge in [0.15, 0.2) is 0 Å². The van der Waals surface area contributed by atoms with Crippen molar-refractivity contribution in [3.8, 4) is 0 Å². The van der Waals surface area contributed by atoms with E-state index in [1.165, 1.54) is 22.8 Å². The van der Waals surface area contributed by atoms with Crippen molar-refractivity contribution in [3.63, 3.8) is 0 Å². The lowest BCUT2D eigenvalue weighted by atomic mass is 9.73. The molecular formula is C25H33NO3. The van der Waals surface area contributed by atoms with Crippen molar-refractivity contribution in [2.45, 2.75) is 58.1 Å². The minimum absolute atomic E-state index is 0.0148. The summed E-state index contributed by atoms with van der Waals surface area (Å²) in [5.74, 6) is -0.0148. The predicted molar refractivity (Wildman–Crippen MR) is 116 cm³/mol. The number of rotatable bonds is 6. The van der Waals surface area contributed by atoms with Crippen LogP contribution in [0.2, 0.25) is 0 Å². The van der Waals surface area contributed by atoms with Crippen LogP contribution in [0.1, 0.15) is 51.0 Å². The molecule has 0 bridgehead atoms. The fraction of sp³-hybridized carbons (Fsp3) is 0.560. The molecule has 2 aromatic rings. The van der Waals surface area contributed by atoms with Crippen molar-refractivity contribution < 1.29 is 14.3 Å². The Kier molecular flexibility index (Phi) is 6.51. The molecule has 29 heavy (non-hydrogen) atoms. The summed E-state index contributed by atoms with van der Waals surface area (Å²) >= 11 is 0. The summed E-state index contributed by atoms with van der Waals surface area (Å²) in [6.07, 6.45) is 6.15. The molecule has 2 aromatic carbocycles. The predicted octanol–water partition coefficient (Wildman–Crippen LogP) is 4.94. The quantitative estimate of drug-likeness (QED) is 0.649. The number of fused-ring (bicyclic) bond motifs is 1. The fourth-order valence-electron chi connectivity index (χ4n) is 4.99. The zero-order valence-electron chi connectivity index (χ0n) is 17.6. The highest BCUT2D eigenvalue weighted by atomic mass is 16.5. The first-order chi connectivity index (χ1) is 14.2. The molecule has 2 aliphatic rings. The Morgan fingerprint density at radius 1 is 1.14 bits per heavy atom. The molecule has 2 aliphatic heterocycles. The molecule has 0 saturated carbocycles. The number of hydrogen-bond acceptors (Lipinski definition) is 4. The number of nitrogens with zero attached hydrogens (tertiary/aromatic N) is 1. The standard InChI is InChI=1S/C25H33NO3/c1-2-28-24(27)25(18-22-11-5-6-17-29-22)13-15-26(16-14-25)19-21-10-7-9-20-8-3-4-12-23(20)21/h3-4,7-10,12,22H,2,5-6,11,13-19H2,1H3/t22-/m0/s1. The van der Waals surface area contributed by atoms with Gasteiger partial charge < -0.3 is 9.47 Å². The Hall–Kier alpha value is -1.91. The van der Waals surface area contributed by atoms with Crippen molar-refractivity contribution in [1.82, 2.24) is 4.90 Å². The van der Waals surface area contributed by atoms with Gasteiger partial charge in [0.25, 0.3) is 0 Å². The van der Waals surface area contributed by atoms with Crippen molar-refractivity contribution in [2.75, 3.05) is 26.3 Å². The first-order valence-corrected chi connectivity index (χ1v) is 11.2. The van der Waals surface area contributed by atoms with Crippen LogP contribution in [0.3, 0.4) is 0 Å². The average molecular weight is 396 g/mol. The maximum atomic E-state index is 12.9. The third-order valence-corrected chi connectivity index (χ3v) is 6.69. The molecule has 2 heterocycles. The molecule has 4 rings (SSSR count). The van der Waals surface area contributed by atoms with Gasteiger partial charge in [0, 0.05) is 13.2 Å². The lowest BCUT2D eigenvalue weighted by molar-refractivity contribution is -0.162. The largest absolute Gasteiger partial charge is 0.466 e. The molecule has 2 fully saturated rings. The van der Waals surface area contributed by atoms with Crippen LogP contribution in [-0.2, 0) is 20.8 Å². The van der Waals surface area contributed by atoms with E-state index < -0.39 is 0 Å². The number of piperidine rings is 1. The minimum atomic E-state index is -0.382. The number of esters is 1. The number of carbonyl (C=O) groups is 1. The summed E-state index contributed by atoms with van der Waals surface area (Å²) in [6.45, 7) is 5.96. The Morgan fingerprint density at radius 3 is 2.69 bits per heavy atom. The van der Waals surface area contributed by atoms with E-state index >= 15 is 0 Å². The molecule has 0 amide bonds. The molecule has 2 saturated heterocycles. The Bertz CT molecular complexity index is 814. The highest BCUT2D eigenvalue weighted by Crippen LogP contribution is 2.40. The van der Waals surface area contributed by atoms with E-state index in [0.717, 1.165) is 58.3 Å². The topological polar surface area (TPSA) is 38.8 Å². The molecule has 0 unspecified atom stereocenters. The monoisotopic (exact) mass is 395 g/mol. The summed E-state index contributed by atoms with van der Waals surface area (Å²) in [5, 5.41) is 2.62. The van der Waals surface area contributed by atoms with E-state index in [4.69, 9.17) is 9.47 Å². The fourth-order valence-corrected chi connectivity index (χ4v) is 4.99. The second-order valence-corrected chi connectivity index (χ2v) is 8.61. The van der Waals surface area contributed by atoms with Gasteiger partial charge in [-0.2, -0.15) is 0 Å². The second kappa shape index (κ2) is 9.27. The summed E-state index contributed by atoms with van der Waals surface area (Å²) in [4.78, 5) is 15.4. The van der Waals surface area contributed by atoms with Crippen LogP contribution in [0, 0.1) is 5.41 Å². The zero-order chi connectivity index (χ0) is 20.1.